The second kappa shape index (κ2) is 7.53. The van der Waals surface area contributed by atoms with Crippen LogP contribution in [0, 0.1) is 5.41 Å². The molecule has 1 amide bonds. The fourth-order valence-corrected chi connectivity index (χ4v) is 3.46. The van der Waals surface area contributed by atoms with E-state index in [1.807, 2.05) is 36.1 Å². The van der Waals surface area contributed by atoms with E-state index in [1.165, 1.54) is 0 Å². The van der Waals surface area contributed by atoms with Crippen molar-refractivity contribution < 1.29 is 24.2 Å². The monoisotopic (exact) mass is 362 g/mol. The Morgan fingerprint density at radius 3 is 2.73 bits per heavy atom. The average molecular weight is 362 g/mol. The number of hydrogen-bond donors (Lipinski definition) is 1. The standard InChI is InChI=1S/C19H26N2O5/c1-3-21(10-14-12-25-15-6-4-5-7-16(15)26-14)17(22)11-20-9-8-19(2,13-20)18(23)24/h4-7,14H,3,8-13H2,1-2H3,(H,23,24). The zero-order valence-electron chi connectivity index (χ0n) is 15.3. The topological polar surface area (TPSA) is 79.3 Å². The highest BCUT2D eigenvalue weighted by Crippen LogP contribution is 2.31. The summed E-state index contributed by atoms with van der Waals surface area (Å²) in [5, 5.41) is 9.32. The number of likely N-dealkylation sites (N-methyl/N-ethyl adjacent to an activating group) is 1. The Morgan fingerprint density at radius 1 is 1.35 bits per heavy atom. The third-order valence-corrected chi connectivity index (χ3v) is 5.15. The van der Waals surface area contributed by atoms with Crippen molar-refractivity contribution in [1.29, 1.82) is 0 Å². The van der Waals surface area contributed by atoms with Crippen LogP contribution in [0.1, 0.15) is 20.3 Å². The number of carboxylic acid groups (broad SMARTS) is 1. The molecule has 1 aromatic carbocycles. The molecule has 2 unspecified atom stereocenters. The molecule has 2 atom stereocenters. The number of carbonyl (C=O) groups is 2. The van der Waals surface area contributed by atoms with Gasteiger partial charge in [0.15, 0.2) is 17.6 Å². The SMILES string of the molecule is CCN(CC1COc2ccccc2O1)C(=O)CN1CCC(C)(C(=O)O)C1. The molecule has 2 heterocycles. The van der Waals surface area contributed by atoms with Crippen molar-refractivity contribution in [1.82, 2.24) is 9.80 Å². The lowest BCUT2D eigenvalue weighted by atomic mass is 9.90. The summed E-state index contributed by atoms with van der Waals surface area (Å²) in [7, 11) is 0. The lowest BCUT2D eigenvalue weighted by Crippen LogP contribution is -2.47. The van der Waals surface area contributed by atoms with Crippen molar-refractivity contribution in [3.8, 4) is 11.5 Å². The highest BCUT2D eigenvalue weighted by Gasteiger charge is 2.41. The van der Waals surface area contributed by atoms with Crippen LogP contribution in [-0.4, -0.2) is 72.2 Å². The molecule has 0 aromatic heterocycles. The molecule has 1 fully saturated rings. The molecule has 1 N–H and O–H groups in total. The van der Waals surface area contributed by atoms with E-state index in [2.05, 4.69) is 0 Å². The highest BCUT2D eigenvalue weighted by molar-refractivity contribution is 5.79. The molecule has 0 spiro atoms. The molecule has 7 heteroatoms. The predicted octanol–water partition coefficient (Wildman–Crippen LogP) is 1.47. The van der Waals surface area contributed by atoms with Gasteiger partial charge in [0, 0.05) is 13.1 Å². The first-order chi connectivity index (χ1) is 12.4. The van der Waals surface area contributed by atoms with E-state index in [1.54, 1.807) is 11.8 Å². The summed E-state index contributed by atoms with van der Waals surface area (Å²) in [6, 6.07) is 7.50. The van der Waals surface area contributed by atoms with Crippen molar-refractivity contribution in [3.63, 3.8) is 0 Å². The van der Waals surface area contributed by atoms with Crippen LogP contribution in [0.3, 0.4) is 0 Å². The van der Waals surface area contributed by atoms with Crippen molar-refractivity contribution in [2.24, 2.45) is 5.41 Å². The number of para-hydroxylation sites is 2. The van der Waals surface area contributed by atoms with Crippen molar-refractivity contribution >= 4 is 11.9 Å². The Balaban J connectivity index is 1.54. The molecule has 0 radical (unpaired) electrons. The molecule has 0 aliphatic carbocycles. The number of carbonyl (C=O) groups excluding carboxylic acids is 1. The van der Waals surface area contributed by atoms with Gasteiger partial charge in [-0.1, -0.05) is 12.1 Å². The summed E-state index contributed by atoms with van der Waals surface area (Å²) in [5.41, 5.74) is -0.763. The fourth-order valence-electron chi connectivity index (χ4n) is 3.46. The third kappa shape index (κ3) is 3.93. The third-order valence-electron chi connectivity index (χ3n) is 5.15. The van der Waals surface area contributed by atoms with Crippen LogP contribution in [0.4, 0.5) is 0 Å². The van der Waals surface area contributed by atoms with Gasteiger partial charge in [-0.15, -0.1) is 0 Å². The van der Waals surface area contributed by atoms with Crippen molar-refractivity contribution in [2.45, 2.75) is 26.4 Å². The lowest BCUT2D eigenvalue weighted by molar-refractivity contribution is -0.147. The lowest BCUT2D eigenvalue weighted by Gasteiger charge is -2.31. The molecule has 1 aromatic rings. The van der Waals surface area contributed by atoms with Gasteiger partial charge in [-0.3, -0.25) is 14.5 Å². The molecule has 26 heavy (non-hydrogen) atoms. The maximum Gasteiger partial charge on any atom is 0.310 e. The fraction of sp³-hybridized carbons (Fsp3) is 0.579. The van der Waals surface area contributed by atoms with Crippen LogP contribution in [0.5, 0.6) is 11.5 Å². The minimum absolute atomic E-state index is 0.00963. The predicted molar refractivity (Wildman–Crippen MR) is 95.4 cm³/mol. The summed E-state index contributed by atoms with van der Waals surface area (Å²) < 4.78 is 11.6. The van der Waals surface area contributed by atoms with E-state index >= 15 is 0 Å². The Bertz CT molecular complexity index is 680. The summed E-state index contributed by atoms with van der Waals surface area (Å²) in [5.74, 6) is 0.614. The van der Waals surface area contributed by atoms with Crippen LogP contribution in [0.25, 0.3) is 0 Å². The van der Waals surface area contributed by atoms with Crippen LogP contribution >= 0.6 is 0 Å². The van der Waals surface area contributed by atoms with E-state index in [0.717, 1.165) is 5.75 Å². The average Bonchev–Trinajstić information content (AvgIpc) is 3.01. The number of ether oxygens (including phenoxy) is 2. The van der Waals surface area contributed by atoms with Crippen LogP contribution in [0.2, 0.25) is 0 Å². The Morgan fingerprint density at radius 2 is 2.08 bits per heavy atom. The molecule has 7 nitrogen and oxygen atoms in total. The smallest absolute Gasteiger partial charge is 0.310 e. The zero-order chi connectivity index (χ0) is 18.7. The number of benzene rings is 1. The van der Waals surface area contributed by atoms with Gasteiger partial charge in [0.25, 0.3) is 0 Å². The van der Waals surface area contributed by atoms with E-state index in [4.69, 9.17) is 9.47 Å². The van der Waals surface area contributed by atoms with Crippen molar-refractivity contribution in [2.75, 3.05) is 39.3 Å². The van der Waals surface area contributed by atoms with Gasteiger partial charge in [0.05, 0.1) is 18.5 Å². The number of amides is 1. The number of aliphatic carboxylic acids is 1. The maximum absolute atomic E-state index is 12.7. The first-order valence-electron chi connectivity index (χ1n) is 9.03. The van der Waals surface area contributed by atoms with Gasteiger partial charge in [0.2, 0.25) is 5.91 Å². The zero-order valence-corrected chi connectivity index (χ0v) is 15.3. The Kier molecular flexibility index (Phi) is 5.36. The van der Waals surface area contributed by atoms with Crippen LogP contribution in [0.15, 0.2) is 24.3 Å². The summed E-state index contributed by atoms with van der Waals surface area (Å²) >= 11 is 0. The van der Waals surface area contributed by atoms with Gasteiger partial charge < -0.3 is 19.5 Å². The van der Waals surface area contributed by atoms with E-state index < -0.39 is 11.4 Å². The second-order valence-electron chi connectivity index (χ2n) is 7.26. The number of rotatable bonds is 6. The molecule has 2 aliphatic rings. The summed E-state index contributed by atoms with van der Waals surface area (Å²) in [6.07, 6.45) is 0.356. The van der Waals surface area contributed by atoms with Crippen molar-refractivity contribution in [3.05, 3.63) is 24.3 Å². The molecule has 0 saturated carbocycles. The number of nitrogens with zero attached hydrogens (tertiary/aromatic N) is 2. The first-order valence-corrected chi connectivity index (χ1v) is 9.03. The van der Waals surface area contributed by atoms with Gasteiger partial charge in [0.1, 0.15) is 6.61 Å². The number of carboxylic acids is 1. The second-order valence-corrected chi connectivity index (χ2v) is 7.26. The number of fused-ring (bicyclic) bond motifs is 1. The van der Waals surface area contributed by atoms with E-state index in [9.17, 15) is 14.7 Å². The number of likely N-dealkylation sites (tertiary alicyclic amines) is 1. The van der Waals surface area contributed by atoms with Gasteiger partial charge in [-0.05, 0) is 38.9 Å². The normalized spacial score (nSPS) is 25.1. The molecule has 2 aliphatic heterocycles. The highest BCUT2D eigenvalue weighted by atomic mass is 16.6. The minimum Gasteiger partial charge on any atom is -0.486 e. The quantitative estimate of drug-likeness (QED) is 0.826. The van der Waals surface area contributed by atoms with Gasteiger partial charge >= 0.3 is 5.97 Å². The molecule has 142 valence electrons. The Labute approximate surface area is 153 Å². The van der Waals surface area contributed by atoms with Gasteiger partial charge in [-0.2, -0.15) is 0 Å². The molecular formula is C19H26N2O5. The van der Waals surface area contributed by atoms with Gasteiger partial charge in [-0.25, -0.2) is 0 Å². The van der Waals surface area contributed by atoms with Crippen LogP contribution in [-0.2, 0) is 9.59 Å². The number of hydrogen-bond acceptors (Lipinski definition) is 5. The van der Waals surface area contributed by atoms with Crippen LogP contribution < -0.4 is 9.47 Å². The maximum atomic E-state index is 12.7. The molecule has 3 rings (SSSR count). The summed E-state index contributed by atoms with van der Waals surface area (Å²) in [6.45, 7) is 6.37. The van der Waals surface area contributed by atoms with E-state index in [0.29, 0.717) is 45.0 Å². The van der Waals surface area contributed by atoms with E-state index in [-0.39, 0.29) is 18.6 Å². The first kappa shape index (κ1) is 18.5. The minimum atomic E-state index is -0.800. The molecule has 1 saturated heterocycles. The molecular weight excluding hydrogens is 336 g/mol. The Hall–Kier alpha value is -2.28. The molecule has 0 bridgehead atoms. The largest absolute Gasteiger partial charge is 0.486 e. The summed E-state index contributed by atoms with van der Waals surface area (Å²) in [4.78, 5) is 27.7.